The Labute approximate surface area is 89.7 Å². The zero-order valence-electron chi connectivity index (χ0n) is 6.67. The van der Waals surface area contributed by atoms with E-state index in [1.807, 2.05) is 24.4 Å². The standard InChI is InChI=1S/C7H9N4S.Fe/c8-7(12)11-10-5-6-3-1-2-4-9-6;/h1-5,9H,(H3,8,11,12);/q-1;+2. The zero-order valence-corrected chi connectivity index (χ0v) is 8.59. The molecule has 4 N–H and O–H groups in total. The van der Waals surface area contributed by atoms with E-state index in [0.717, 1.165) is 5.70 Å². The van der Waals surface area contributed by atoms with E-state index in [0.29, 0.717) is 0 Å². The monoisotopic (exact) mass is 237 g/mol. The Morgan fingerprint density at radius 3 is 3.00 bits per heavy atom. The molecule has 0 spiro atoms. The van der Waals surface area contributed by atoms with Crippen LogP contribution in [0.5, 0.6) is 0 Å². The van der Waals surface area contributed by atoms with Crippen LogP contribution in [0.25, 0.3) is 0 Å². The van der Waals surface area contributed by atoms with Gasteiger partial charge in [0.2, 0.25) is 0 Å². The van der Waals surface area contributed by atoms with Gasteiger partial charge in [-0.15, -0.1) is 0 Å². The van der Waals surface area contributed by atoms with Crippen molar-refractivity contribution in [2.75, 3.05) is 0 Å². The van der Waals surface area contributed by atoms with E-state index in [1.165, 1.54) is 3.65 Å². The molecule has 0 aromatic carbocycles. The Kier molecular flexibility index (Phi) is 3.82. The zero-order chi connectivity index (χ0) is 9.68. The van der Waals surface area contributed by atoms with E-state index in [4.69, 9.17) is 5.73 Å². The number of hydrogen-bond acceptors (Lipinski definition) is 2. The molecule has 70 valence electrons. The predicted molar refractivity (Wildman–Crippen MR) is 49.7 cm³/mol. The maximum atomic E-state index is 5.26. The molecule has 1 rings (SSSR count). The second-order valence-corrected chi connectivity index (χ2v) is 3.19. The predicted octanol–water partition coefficient (Wildman–Crippen LogP) is -0.00800. The van der Waals surface area contributed by atoms with Crippen LogP contribution in [-0.2, 0) is 15.8 Å². The number of thiocarbonyl (C=S) groups is 1. The van der Waals surface area contributed by atoms with E-state index < -0.39 is 0 Å². The summed E-state index contributed by atoms with van der Waals surface area (Å²) in [4.78, 5) is 0. The topological polar surface area (TPSA) is 53.1 Å². The van der Waals surface area contributed by atoms with Crippen molar-refractivity contribution in [3.8, 4) is 0 Å². The minimum atomic E-state index is 0.183. The molecule has 0 atom stereocenters. The molecule has 0 aromatic rings. The van der Waals surface area contributed by atoms with Crippen molar-refractivity contribution in [1.29, 1.82) is 0 Å². The Morgan fingerprint density at radius 2 is 2.46 bits per heavy atom. The minimum absolute atomic E-state index is 0.183. The second kappa shape index (κ2) is 4.91. The van der Waals surface area contributed by atoms with Crippen molar-refractivity contribution < 1.29 is 19.5 Å². The molecule has 0 aliphatic carbocycles. The average Bonchev–Trinajstić information content (AvgIpc) is 2.04. The van der Waals surface area contributed by atoms with Crippen molar-refractivity contribution in [2.45, 2.75) is 0 Å². The van der Waals surface area contributed by atoms with Crippen LogP contribution in [0.3, 0.4) is 0 Å². The number of hydrogen-bond donors (Lipinski definition) is 3. The molecular weight excluding hydrogens is 228 g/mol. The molecule has 0 aromatic heterocycles. The van der Waals surface area contributed by atoms with Crippen LogP contribution in [0, 0.1) is 0 Å². The van der Waals surface area contributed by atoms with Crippen LogP contribution in [0.2, 0.25) is 0 Å². The van der Waals surface area contributed by atoms with E-state index >= 15 is 0 Å². The molecule has 1 heterocycles. The first-order valence-corrected chi connectivity index (χ1v) is 4.40. The summed E-state index contributed by atoms with van der Waals surface area (Å²) in [6.07, 6.45) is 9.27. The molecule has 0 amide bonds. The molecule has 1 aliphatic heterocycles. The molecular formula is C7H9FeN4S+. The van der Waals surface area contributed by atoms with Crippen LogP contribution in [-0.4, -0.2) is 8.77 Å². The summed E-state index contributed by atoms with van der Waals surface area (Å²) in [6, 6.07) is 0. The van der Waals surface area contributed by atoms with Gasteiger partial charge >= 0.3 is 89.6 Å². The van der Waals surface area contributed by atoms with Crippen LogP contribution >= 0.6 is 12.2 Å². The van der Waals surface area contributed by atoms with Crippen LogP contribution < -0.4 is 16.5 Å². The molecule has 1 aliphatic rings. The van der Waals surface area contributed by atoms with Crippen molar-refractivity contribution in [3.05, 3.63) is 36.3 Å². The first-order valence-electron chi connectivity index (χ1n) is 3.50. The fraction of sp³-hybridized carbons (Fsp3) is 0. The summed E-state index contributed by atoms with van der Waals surface area (Å²) in [6.45, 7) is 0. The third-order valence-electron chi connectivity index (χ3n) is 1.20. The van der Waals surface area contributed by atoms with Gasteiger partial charge in [0.05, 0.1) is 0 Å². The number of nitrogens with one attached hydrogen (secondary N) is 2. The average molecular weight is 237 g/mol. The van der Waals surface area contributed by atoms with Crippen LogP contribution in [0.15, 0.2) is 36.3 Å². The van der Waals surface area contributed by atoms with Crippen molar-refractivity contribution >= 4 is 17.3 Å². The number of hydrazine groups is 1. The van der Waals surface area contributed by atoms with Gasteiger partial charge in [-0.2, -0.15) is 0 Å². The molecule has 0 radical (unpaired) electrons. The van der Waals surface area contributed by atoms with Crippen LogP contribution in [0.4, 0.5) is 0 Å². The first-order chi connectivity index (χ1) is 6.18. The van der Waals surface area contributed by atoms with Gasteiger partial charge in [-0.25, -0.2) is 0 Å². The Morgan fingerprint density at radius 1 is 1.69 bits per heavy atom. The van der Waals surface area contributed by atoms with Gasteiger partial charge in [-0.05, 0) is 0 Å². The number of dihydropyridines is 1. The van der Waals surface area contributed by atoms with Gasteiger partial charge in [0.1, 0.15) is 0 Å². The molecule has 0 saturated heterocycles. The van der Waals surface area contributed by atoms with Gasteiger partial charge in [-0.1, -0.05) is 0 Å². The molecule has 4 nitrogen and oxygen atoms in total. The normalized spacial score (nSPS) is 16.8. The van der Waals surface area contributed by atoms with E-state index in [1.54, 1.807) is 6.20 Å². The molecule has 0 fully saturated rings. The van der Waals surface area contributed by atoms with E-state index in [2.05, 4.69) is 38.8 Å². The van der Waals surface area contributed by atoms with Gasteiger partial charge in [-0.3, -0.25) is 0 Å². The summed E-state index contributed by atoms with van der Waals surface area (Å²) in [5, 5.41) is 3.19. The first kappa shape index (κ1) is 10.1. The van der Waals surface area contributed by atoms with Crippen molar-refractivity contribution in [2.24, 2.45) is 5.73 Å². The summed E-state index contributed by atoms with van der Waals surface area (Å²) in [7, 11) is 0. The SMILES string of the molecule is NC(=S)N[N+](=[Fe])C=C1C=CC=CN1. The van der Waals surface area contributed by atoms with Gasteiger partial charge < -0.3 is 0 Å². The molecule has 0 unspecified atom stereocenters. The fourth-order valence-corrected chi connectivity index (χ4v) is 1.20. The van der Waals surface area contributed by atoms with Gasteiger partial charge in [0.25, 0.3) is 0 Å². The third kappa shape index (κ3) is 3.98. The summed E-state index contributed by atoms with van der Waals surface area (Å²) in [5.74, 6) is 0. The molecule has 6 heteroatoms. The second-order valence-electron chi connectivity index (χ2n) is 2.22. The van der Waals surface area contributed by atoms with Crippen molar-refractivity contribution in [1.82, 2.24) is 10.7 Å². The molecule has 13 heavy (non-hydrogen) atoms. The quantitative estimate of drug-likeness (QED) is 0.359. The Balaban J connectivity index is 2.55. The van der Waals surface area contributed by atoms with E-state index in [-0.39, 0.29) is 5.11 Å². The summed E-state index contributed by atoms with van der Waals surface area (Å²) >= 11 is 8.30. The van der Waals surface area contributed by atoms with Gasteiger partial charge in [0, 0.05) is 0 Å². The van der Waals surface area contributed by atoms with Crippen LogP contribution in [0.1, 0.15) is 0 Å². The number of nitrogens with zero attached hydrogens (tertiary/aromatic N) is 1. The third-order valence-corrected chi connectivity index (χ3v) is 1.55. The molecule has 0 bridgehead atoms. The van der Waals surface area contributed by atoms with E-state index in [9.17, 15) is 0 Å². The Bertz CT molecular complexity index is 318. The number of rotatable bonds is 2. The number of allylic oxidation sites excluding steroid dienone is 3. The van der Waals surface area contributed by atoms with Gasteiger partial charge in [0.15, 0.2) is 0 Å². The Hall–Kier alpha value is -0.971. The summed E-state index contributed by atoms with van der Waals surface area (Å²) < 4.78 is 1.44. The maximum absolute atomic E-state index is 5.26. The molecule has 0 saturated carbocycles. The fourth-order valence-electron chi connectivity index (χ4n) is 0.741. The summed E-state index contributed by atoms with van der Waals surface area (Å²) in [5.41, 5.74) is 8.81. The number of nitrogens with two attached hydrogens (primary N) is 1. The van der Waals surface area contributed by atoms with Crippen molar-refractivity contribution in [3.63, 3.8) is 0 Å².